The number of anilines is 1. The third-order valence-electron chi connectivity index (χ3n) is 12.6. The van der Waals surface area contributed by atoms with E-state index in [1.807, 2.05) is 18.2 Å². The Morgan fingerprint density at radius 1 is 0.779 bits per heavy atom. The number of aromatic nitrogens is 1. The second-order valence-electron chi connectivity index (χ2n) is 18.6. The molecule has 0 bridgehead atoms. The summed E-state index contributed by atoms with van der Waals surface area (Å²) in [6.45, 7) is 11.4. The zero-order valence-corrected chi connectivity index (χ0v) is 39.8. The quantitative estimate of drug-likeness (QED) is 0.0777. The molecular formula is C52H63FN8O7. The van der Waals surface area contributed by atoms with Gasteiger partial charge in [0.1, 0.15) is 11.4 Å². The molecule has 0 unspecified atom stereocenters. The van der Waals surface area contributed by atoms with Gasteiger partial charge in [-0.25, -0.2) is 14.2 Å². The van der Waals surface area contributed by atoms with Gasteiger partial charge < -0.3 is 29.6 Å². The number of likely N-dealkylation sites (tertiary alicyclic amines) is 2. The molecule has 15 nitrogen and oxygen atoms in total. The van der Waals surface area contributed by atoms with Gasteiger partial charge in [0.2, 0.25) is 5.91 Å². The number of hydrogen-bond acceptors (Lipinski definition) is 11. The van der Waals surface area contributed by atoms with E-state index < -0.39 is 23.4 Å². The highest BCUT2D eigenvalue weighted by atomic mass is 19.1. The molecule has 3 saturated heterocycles. The second-order valence-corrected chi connectivity index (χ2v) is 18.6. The maximum atomic E-state index is 15.1. The lowest BCUT2D eigenvalue weighted by Crippen LogP contribution is -2.53. The summed E-state index contributed by atoms with van der Waals surface area (Å²) in [5.74, 6) is -1.34. The van der Waals surface area contributed by atoms with E-state index in [2.05, 4.69) is 44.8 Å². The minimum atomic E-state index is -0.726. The summed E-state index contributed by atoms with van der Waals surface area (Å²) in [4.78, 5) is 77.5. The Hall–Kier alpha value is -6.52. The molecule has 3 aliphatic heterocycles. The number of amides is 4. The third kappa shape index (κ3) is 12.7. The molecule has 3 fully saturated rings. The molecular weight excluding hydrogens is 868 g/mol. The van der Waals surface area contributed by atoms with Gasteiger partial charge in [-0.2, -0.15) is 5.10 Å². The van der Waals surface area contributed by atoms with Gasteiger partial charge in [-0.05, 0) is 87.8 Å². The fourth-order valence-electron chi connectivity index (χ4n) is 8.95. The summed E-state index contributed by atoms with van der Waals surface area (Å²) < 4.78 is 27.2. The van der Waals surface area contributed by atoms with Gasteiger partial charge in [0.25, 0.3) is 11.8 Å². The van der Waals surface area contributed by atoms with Crippen molar-refractivity contribution in [2.75, 3.05) is 71.3 Å². The van der Waals surface area contributed by atoms with Crippen molar-refractivity contribution >= 4 is 41.5 Å². The van der Waals surface area contributed by atoms with Crippen LogP contribution in [0.25, 0.3) is 11.1 Å². The molecule has 4 heterocycles. The second kappa shape index (κ2) is 22.5. The number of nitrogens with one attached hydrogen (secondary N) is 2. The standard InChI is InChI=1S/C52H63FN8O7/c1-6-35-10-9-12-37(28-35)39-31-46(56-51(66)68-52(2,3)4)48(55-32-39)50(65)60-22-18-41(19-23-60)67-40-16-20-58(21-17-40)33-47(63)59-24-26-61(27-25-59)49(64)43-29-36(14-15-44(43)53)30-45(57-54-5)42-13-8-7-11-38(42)34-62/h7-15,28-29,31-32,34,40-41,54H,6,16-27,30,33H2,1-5H3,(H,56,66)/b57-45-. The first-order valence-corrected chi connectivity index (χ1v) is 23.6. The lowest BCUT2D eigenvalue weighted by molar-refractivity contribution is -0.135. The van der Waals surface area contributed by atoms with Gasteiger partial charge in [-0.3, -0.25) is 29.4 Å². The molecule has 1 aromatic heterocycles. The van der Waals surface area contributed by atoms with Crippen molar-refractivity contribution < 1.29 is 37.8 Å². The number of carbonyl (C=O) groups is 5. The number of benzene rings is 3. The van der Waals surface area contributed by atoms with Gasteiger partial charge in [-0.1, -0.05) is 61.5 Å². The van der Waals surface area contributed by atoms with Crippen LogP contribution >= 0.6 is 0 Å². The van der Waals surface area contributed by atoms with Crippen molar-refractivity contribution in [3.63, 3.8) is 0 Å². The summed E-state index contributed by atoms with van der Waals surface area (Å²) in [5.41, 5.74) is 7.69. The molecule has 0 spiro atoms. The van der Waals surface area contributed by atoms with E-state index >= 15 is 4.39 Å². The Morgan fingerprint density at radius 3 is 2.13 bits per heavy atom. The largest absolute Gasteiger partial charge is 0.444 e. The highest BCUT2D eigenvalue weighted by Crippen LogP contribution is 2.29. The van der Waals surface area contributed by atoms with Crippen molar-refractivity contribution in [1.29, 1.82) is 0 Å². The van der Waals surface area contributed by atoms with E-state index in [-0.39, 0.29) is 61.3 Å². The van der Waals surface area contributed by atoms with Gasteiger partial charge in [-0.15, -0.1) is 0 Å². The Morgan fingerprint density at radius 2 is 1.46 bits per heavy atom. The van der Waals surface area contributed by atoms with Crippen LogP contribution in [0.2, 0.25) is 0 Å². The topological polar surface area (TPSA) is 166 Å². The van der Waals surface area contributed by atoms with Crippen LogP contribution in [0.15, 0.2) is 84.1 Å². The first kappa shape index (κ1) is 49.4. The number of piperazine rings is 1. The van der Waals surface area contributed by atoms with Crippen LogP contribution in [0, 0.1) is 5.82 Å². The molecule has 4 aromatic rings. The number of aryl methyl sites for hydroxylation is 1. The number of piperidine rings is 2. The maximum Gasteiger partial charge on any atom is 0.412 e. The molecule has 3 aromatic carbocycles. The monoisotopic (exact) mass is 930 g/mol. The number of carbonyl (C=O) groups excluding carboxylic acids is 5. The predicted octanol–water partition coefficient (Wildman–Crippen LogP) is 6.85. The van der Waals surface area contributed by atoms with Gasteiger partial charge in [0.15, 0.2) is 12.0 Å². The first-order chi connectivity index (χ1) is 32.7. The van der Waals surface area contributed by atoms with Crippen LogP contribution in [0.5, 0.6) is 0 Å². The number of nitrogens with zero attached hydrogens (tertiary/aromatic N) is 6. The number of hydrogen-bond donors (Lipinski definition) is 2. The normalized spacial score (nSPS) is 16.6. The number of aldehydes is 1. The summed E-state index contributed by atoms with van der Waals surface area (Å²) in [7, 11) is 1.66. The average molecular weight is 931 g/mol. The molecule has 0 aliphatic carbocycles. The Bertz CT molecular complexity index is 2490. The smallest absolute Gasteiger partial charge is 0.412 e. The van der Waals surface area contributed by atoms with Crippen molar-refractivity contribution in [3.8, 4) is 11.1 Å². The van der Waals surface area contributed by atoms with E-state index in [1.54, 1.807) is 79.0 Å². The van der Waals surface area contributed by atoms with Crippen molar-refractivity contribution in [3.05, 3.63) is 118 Å². The van der Waals surface area contributed by atoms with Crippen LogP contribution in [0.4, 0.5) is 14.9 Å². The molecule has 3 aliphatic rings. The number of hydrazone groups is 1. The van der Waals surface area contributed by atoms with Crippen LogP contribution in [0.1, 0.15) is 101 Å². The molecule has 0 saturated carbocycles. The van der Waals surface area contributed by atoms with Gasteiger partial charge in [0.05, 0.1) is 35.7 Å². The molecule has 16 heteroatoms. The molecule has 0 atom stereocenters. The fourth-order valence-corrected chi connectivity index (χ4v) is 8.95. The van der Waals surface area contributed by atoms with E-state index in [1.165, 1.54) is 12.1 Å². The lowest BCUT2D eigenvalue weighted by atomic mass is 9.97. The van der Waals surface area contributed by atoms with Crippen molar-refractivity contribution in [1.82, 2.24) is 30.0 Å². The minimum Gasteiger partial charge on any atom is -0.444 e. The predicted molar refractivity (Wildman–Crippen MR) is 258 cm³/mol. The third-order valence-corrected chi connectivity index (χ3v) is 12.6. The van der Waals surface area contributed by atoms with Gasteiger partial charge >= 0.3 is 6.09 Å². The minimum absolute atomic E-state index is 0.00656. The molecule has 4 amide bonds. The highest BCUT2D eigenvalue weighted by molar-refractivity contribution is 6.07. The zero-order valence-electron chi connectivity index (χ0n) is 39.8. The Balaban J connectivity index is 0.856. The number of halogens is 1. The molecule has 360 valence electrons. The van der Waals surface area contributed by atoms with E-state index in [4.69, 9.17) is 9.47 Å². The summed E-state index contributed by atoms with van der Waals surface area (Å²) >= 11 is 0. The van der Waals surface area contributed by atoms with Crippen molar-refractivity contribution in [2.24, 2.45) is 5.10 Å². The Kier molecular flexibility index (Phi) is 16.4. The average Bonchev–Trinajstić information content (AvgIpc) is 3.34. The van der Waals surface area contributed by atoms with E-state index in [0.29, 0.717) is 80.2 Å². The Labute approximate surface area is 398 Å². The molecule has 2 N–H and O–H groups in total. The van der Waals surface area contributed by atoms with Crippen LogP contribution in [0.3, 0.4) is 0 Å². The van der Waals surface area contributed by atoms with Gasteiger partial charge in [0, 0.05) is 88.7 Å². The summed E-state index contributed by atoms with van der Waals surface area (Å²) in [6.07, 6.45) is 5.83. The molecule has 7 rings (SSSR count). The zero-order chi connectivity index (χ0) is 48.4. The molecule has 0 radical (unpaired) electrons. The lowest BCUT2D eigenvalue weighted by Gasteiger charge is -2.38. The maximum absolute atomic E-state index is 15.1. The summed E-state index contributed by atoms with van der Waals surface area (Å²) in [6, 6.07) is 21.4. The first-order valence-electron chi connectivity index (χ1n) is 23.6. The van der Waals surface area contributed by atoms with Crippen LogP contribution < -0.4 is 10.7 Å². The highest BCUT2D eigenvalue weighted by Gasteiger charge is 2.32. The number of ether oxygens (including phenoxy) is 2. The fraction of sp³-hybridized carbons (Fsp3) is 0.442. The summed E-state index contributed by atoms with van der Waals surface area (Å²) in [5, 5.41) is 7.16. The van der Waals surface area contributed by atoms with E-state index in [0.717, 1.165) is 42.2 Å². The van der Waals surface area contributed by atoms with E-state index in [9.17, 15) is 24.0 Å². The van der Waals surface area contributed by atoms with Crippen LogP contribution in [-0.4, -0.2) is 144 Å². The molecule has 68 heavy (non-hydrogen) atoms. The van der Waals surface area contributed by atoms with Crippen molar-refractivity contribution in [2.45, 2.75) is 84.0 Å². The number of pyridine rings is 1. The SMILES string of the molecule is CCc1cccc(-c2cnc(C(=O)N3CCC(OC4CCN(CC(=O)N5CCN(C(=O)c6cc(C/C(=N/NC)c7ccccc7C=O)ccc6F)CC5)CC4)CC3)c(NC(=O)OC(C)(C)C)c2)c1. The van der Waals surface area contributed by atoms with Crippen LogP contribution in [-0.2, 0) is 27.1 Å². The number of rotatable bonds is 14.